The van der Waals surface area contributed by atoms with Crippen molar-refractivity contribution in [3.63, 3.8) is 0 Å². The number of sulfonamides is 1. The van der Waals surface area contributed by atoms with Gasteiger partial charge in [0.05, 0.1) is 16.1 Å². The quantitative estimate of drug-likeness (QED) is 0.696. The molecule has 3 aromatic rings. The molecule has 0 aliphatic carbocycles. The van der Waals surface area contributed by atoms with Crippen molar-refractivity contribution < 1.29 is 12.8 Å². The molecule has 0 amide bonds. The molecule has 0 saturated heterocycles. The number of nitrogens with one attached hydrogen (secondary N) is 1. The molecule has 0 unspecified atom stereocenters. The van der Waals surface area contributed by atoms with Crippen molar-refractivity contribution in [2.24, 2.45) is 0 Å². The summed E-state index contributed by atoms with van der Waals surface area (Å²) >= 11 is 3.27. The summed E-state index contributed by atoms with van der Waals surface area (Å²) in [5.41, 5.74) is 1.33. The third-order valence-electron chi connectivity index (χ3n) is 3.49. The number of hydrogen-bond acceptors (Lipinski definition) is 4. The van der Waals surface area contributed by atoms with E-state index in [1.807, 2.05) is 6.92 Å². The zero-order valence-corrected chi connectivity index (χ0v) is 15.2. The third kappa shape index (κ3) is 3.25. The number of aromatic nitrogens is 1. The summed E-state index contributed by atoms with van der Waals surface area (Å²) in [5, 5.41) is 0. The van der Waals surface area contributed by atoms with Gasteiger partial charge in [-0.2, -0.15) is 0 Å². The first kappa shape index (κ1) is 16.8. The Morgan fingerprint density at radius 1 is 1.17 bits per heavy atom. The Morgan fingerprint density at radius 3 is 2.54 bits per heavy atom. The summed E-state index contributed by atoms with van der Waals surface area (Å²) in [6.45, 7) is 2.52. The van der Waals surface area contributed by atoms with Crippen molar-refractivity contribution in [2.45, 2.75) is 24.8 Å². The van der Waals surface area contributed by atoms with Crippen LogP contribution in [0.2, 0.25) is 0 Å². The van der Waals surface area contributed by atoms with Gasteiger partial charge in [0.1, 0.15) is 0 Å². The van der Waals surface area contributed by atoms with E-state index in [-0.39, 0.29) is 4.90 Å². The van der Waals surface area contributed by atoms with E-state index in [0.717, 1.165) is 10.9 Å². The fraction of sp³-hybridized carbons (Fsp3) is 0.188. The molecule has 24 heavy (non-hydrogen) atoms. The molecule has 2 aromatic carbocycles. The topological polar surface area (TPSA) is 81.3 Å². The van der Waals surface area contributed by atoms with Crippen molar-refractivity contribution in [3.05, 3.63) is 57.5 Å². The summed E-state index contributed by atoms with van der Waals surface area (Å²) in [4.78, 5) is 12.0. The lowest BCUT2D eigenvalue weighted by Crippen LogP contribution is -2.13. The van der Waals surface area contributed by atoms with E-state index in [9.17, 15) is 13.2 Å². The fourth-order valence-electron chi connectivity index (χ4n) is 2.39. The van der Waals surface area contributed by atoms with Crippen LogP contribution < -0.4 is 10.5 Å². The molecule has 1 N–H and O–H groups in total. The number of benzene rings is 2. The van der Waals surface area contributed by atoms with Crippen LogP contribution in [-0.2, 0) is 16.6 Å². The monoisotopic (exact) mass is 410 g/mol. The SMILES string of the molecule is CCCn1c(=O)oc2cc(NS(=O)(=O)c3ccc(Br)cc3)ccc21. The summed E-state index contributed by atoms with van der Waals surface area (Å²) in [6, 6.07) is 11.1. The number of nitrogens with zero attached hydrogens (tertiary/aromatic N) is 1. The van der Waals surface area contributed by atoms with E-state index in [0.29, 0.717) is 23.3 Å². The molecule has 126 valence electrons. The van der Waals surface area contributed by atoms with Crippen LogP contribution >= 0.6 is 15.9 Å². The average Bonchev–Trinajstić information content (AvgIpc) is 2.83. The first-order valence-electron chi connectivity index (χ1n) is 7.32. The van der Waals surface area contributed by atoms with Crippen LogP contribution in [0.1, 0.15) is 13.3 Å². The van der Waals surface area contributed by atoms with Crippen molar-refractivity contribution in [1.29, 1.82) is 0 Å². The Balaban J connectivity index is 1.95. The van der Waals surface area contributed by atoms with Gasteiger partial charge in [-0.3, -0.25) is 9.29 Å². The predicted molar refractivity (Wildman–Crippen MR) is 95.7 cm³/mol. The minimum absolute atomic E-state index is 0.149. The molecule has 0 spiro atoms. The zero-order valence-electron chi connectivity index (χ0n) is 12.8. The highest BCUT2D eigenvalue weighted by Gasteiger charge is 2.15. The van der Waals surface area contributed by atoms with E-state index in [4.69, 9.17) is 4.42 Å². The number of hydrogen-bond donors (Lipinski definition) is 1. The van der Waals surface area contributed by atoms with Crippen LogP contribution in [0, 0.1) is 0 Å². The number of anilines is 1. The summed E-state index contributed by atoms with van der Waals surface area (Å²) in [7, 11) is -3.71. The predicted octanol–water partition coefficient (Wildman–Crippen LogP) is 3.57. The molecule has 0 radical (unpaired) electrons. The highest BCUT2D eigenvalue weighted by Crippen LogP contribution is 2.22. The third-order valence-corrected chi connectivity index (χ3v) is 5.42. The van der Waals surface area contributed by atoms with E-state index < -0.39 is 15.8 Å². The van der Waals surface area contributed by atoms with E-state index >= 15 is 0 Å². The smallest absolute Gasteiger partial charge is 0.408 e. The first-order valence-corrected chi connectivity index (χ1v) is 9.60. The molecular weight excluding hydrogens is 396 g/mol. The van der Waals surface area contributed by atoms with Gasteiger partial charge in [-0.1, -0.05) is 22.9 Å². The van der Waals surface area contributed by atoms with Gasteiger partial charge >= 0.3 is 5.76 Å². The van der Waals surface area contributed by atoms with Crippen LogP contribution in [-0.4, -0.2) is 13.0 Å². The molecule has 0 saturated carbocycles. The van der Waals surface area contributed by atoms with Gasteiger partial charge in [0.2, 0.25) is 0 Å². The molecule has 0 aliphatic rings. The number of rotatable bonds is 5. The van der Waals surface area contributed by atoms with Gasteiger partial charge in [0.15, 0.2) is 5.58 Å². The van der Waals surface area contributed by atoms with E-state index in [1.165, 1.54) is 22.8 Å². The molecular formula is C16H15BrN2O4S. The molecule has 1 aromatic heterocycles. The maximum Gasteiger partial charge on any atom is 0.419 e. The van der Waals surface area contributed by atoms with Crippen molar-refractivity contribution in [3.8, 4) is 0 Å². The van der Waals surface area contributed by atoms with Crippen LogP contribution in [0.3, 0.4) is 0 Å². The first-order chi connectivity index (χ1) is 11.4. The Morgan fingerprint density at radius 2 is 1.88 bits per heavy atom. The lowest BCUT2D eigenvalue weighted by Gasteiger charge is -2.08. The summed E-state index contributed by atoms with van der Waals surface area (Å²) in [5.74, 6) is -0.445. The number of halogens is 1. The molecule has 0 fully saturated rings. The number of aryl methyl sites for hydroxylation is 1. The van der Waals surface area contributed by atoms with Crippen molar-refractivity contribution in [1.82, 2.24) is 4.57 Å². The Bertz CT molecular complexity index is 1040. The fourth-order valence-corrected chi connectivity index (χ4v) is 3.71. The molecule has 1 heterocycles. The molecule has 3 rings (SSSR count). The molecule has 0 atom stereocenters. The zero-order chi connectivity index (χ0) is 17.3. The molecule has 0 bridgehead atoms. The highest BCUT2D eigenvalue weighted by molar-refractivity contribution is 9.10. The van der Waals surface area contributed by atoms with E-state index in [2.05, 4.69) is 20.7 Å². The number of oxazole rings is 1. The van der Waals surface area contributed by atoms with Crippen LogP contribution in [0.5, 0.6) is 0 Å². The average molecular weight is 411 g/mol. The van der Waals surface area contributed by atoms with Crippen LogP contribution in [0.4, 0.5) is 5.69 Å². The van der Waals surface area contributed by atoms with Gasteiger partial charge in [0, 0.05) is 17.1 Å². The lowest BCUT2D eigenvalue weighted by molar-refractivity contribution is 0.502. The highest BCUT2D eigenvalue weighted by atomic mass is 79.9. The van der Waals surface area contributed by atoms with Gasteiger partial charge in [-0.05, 0) is 42.8 Å². The van der Waals surface area contributed by atoms with Gasteiger partial charge in [0.25, 0.3) is 10.0 Å². The van der Waals surface area contributed by atoms with Gasteiger partial charge in [-0.25, -0.2) is 13.2 Å². The Hall–Kier alpha value is -2.06. The minimum atomic E-state index is -3.71. The standard InChI is InChI=1S/C16H15BrN2O4S/c1-2-9-19-14-8-5-12(10-15(14)23-16(19)20)18-24(21,22)13-6-3-11(17)4-7-13/h3-8,10,18H,2,9H2,1H3. The Labute approximate surface area is 147 Å². The summed E-state index contributed by atoms with van der Waals surface area (Å²) in [6.07, 6.45) is 0.798. The molecule has 0 aliphatic heterocycles. The maximum atomic E-state index is 12.4. The normalized spacial score (nSPS) is 11.8. The second-order valence-corrected chi connectivity index (χ2v) is 7.86. The van der Waals surface area contributed by atoms with Crippen LogP contribution in [0.25, 0.3) is 11.1 Å². The summed E-state index contributed by atoms with van der Waals surface area (Å²) < 4.78 is 34.8. The van der Waals surface area contributed by atoms with Crippen molar-refractivity contribution in [2.75, 3.05) is 4.72 Å². The van der Waals surface area contributed by atoms with Gasteiger partial charge < -0.3 is 4.42 Å². The van der Waals surface area contributed by atoms with E-state index in [1.54, 1.807) is 24.3 Å². The van der Waals surface area contributed by atoms with Crippen LogP contribution in [0.15, 0.2) is 61.0 Å². The maximum absolute atomic E-state index is 12.4. The van der Waals surface area contributed by atoms with Gasteiger partial charge in [-0.15, -0.1) is 0 Å². The van der Waals surface area contributed by atoms with Crippen molar-refractivity contribution >= 4 is 42.7 Å². The molecule has 6 nitrogen and oxygen atoms in total. The Kier molecular flexibility index (Phi) is 4.51. The lowest BCUT2D eigenvalue weighted by atomic mass is 10.3. The second-order valence-electron chi connectivity index (χ2n) is 5.26. The second kappa shape index (κ2) is 6.45. The largest absolute Gasteiger partial charge is 0.419 e. The minimum Gasteiger partial charge on any atom is -0.408 e. The molecule has 8 heteroatoms. The number of fused-ring (bicyclic) bond motifs is 1.